The number of benzene rings is 2. The zero-order valence-electron chi connectivity index (χ0n) is 21.4. The highest BCUT2D eigenvalue weighted by Crippen LogP contribution is 2.51. The van der Waals surface area contributed by atoms with Crippen LogP contribution in [0.3, 0.4) is 0 Å². The normalized spacial score (nSPS) is 18.0. The summed E-state index contributed by atoms with van der Waals surface area (Å²) in [6, 6.07) is 17.5. The fraction of sp³-hybridized carbons (Fsp3) is 0.321. The van der Waals surface area contributed by atoms with E-state index in [1.807, 2.05) is 24.3 Å². The smallest absolute Gasteiger partial charge is 0.243 e. The van der Waals surface area contributed by atoms with E-state index in [1.54, 1.807) is 41.3 Å². The van der Waals surface area contributed by atoms with Gasteiger partial charge in [-0.25, -0.2) is 13.4 Å². The number of hydrogen-bond donors (Lipinski definition) is 1. The van der Waals surface area contributed by atoms with Gasteiger partial charge in [0.25, 0.3) is 0 Å². The van der Waals surface area contributed by atoms with Crippen molar-refractivity contribution in [3.8, 4) is 22.8 Å². The van der Waals surface area contributed by atoms with Gasteiger partial charge >= 0.3 is 0 Å². The first kappa shape index (κ1) is 25.3. The molecule has 1 saturated heterocycles. The summed E-state index contributed by atoms with van der Waals surface area (Å²) in [5, 5.41) is 2.96. The van der Waals surface area contributed by atoms with Crippen LogP contribution in [-0.4, -0.2) is 67.4 Å². The standard InChI is InChI=1S/C28H28N4O6S/c1-19(33)31-13-15-32(16-14-31)39(35,36)22-8-5-20(6-9-22)23-3-2-4-26(29-23)30-27(34)28(11-12-28)21-7-10-24-25(17-21)38-18-37-24/h2-10,17H,11-16,18H2,1H3,(H,29,30,34). The lowest BCUT2D eigenvalue weighted by atomic mass is 9.94. The molecule has 0 atom stereocenters. The van der Waals surface area contributed by atoms with Gasteiger partial charge in [-0.2, -0.15) is 4.31 Å². The molecule has 3 heterocycles. The zero-order valence-corrected chi connectivity index (χ0v) is 22.2. The van der Waals surface area contributed by atoms with Gasteiger partial charge in [0.1, 0.15) is 5.82 Å². The highest BCUT2D eigenvalue weighted by Gasteiger charge is 2.51. The van der Waals surface area contributed by atoms with Gasteiger partial charge in [-0.15, -0.1) is 0 Å². The van der Waals surface area contributed by atoms with Crippen molar-refractivity contribution >= 4 is 27.7 Å². The molecule has 1 N–H and O–H groups in total. The minimum atomic E-state index is -3.67. The highest BCUT2D eigenvalue weighted by molar-refractivity contribution is 7.89. The van der Waals surface area contributed by atoms with Gasteiger partial charge in [-0.3, -0.25) is 9.59 Å². The van der Waals surface area contributed by atoms with Crippen molar-refractivity contribution in [2.24, 2.45) is 0 Å². The van der Waals surface area contributed by atoms with Crippen LogP contribution in [-0.2, 0) is 25.0 Å². The maximum atomic E-state index is 13.3. The van der Waals surface area contributed by atoms with Gasteiger partial charge in [0, 0.05) is 38.7 Å². The SMILES string of the molecule is CC(=O)N1CCN(S(=O)(=O)c2ccc(-c3cccc(NC(=O)C4(c5ccc6c(c5)OCO6)CC4)n3)cc2)CC1. The largest absolute Gasteiger partial charge is 0.454 e. The number of carbonyl (C=O) groups excluding carboxylic acids is 2. The number of ether oxygens (including phenoxy) is 2. The Morgan fingerprint density at radius 2 is 1.64 bits per heavy atom. The summed E-state index contributed by atoms with van der Waals surface area (Å²) >= 11 is 0. The summed E-state index contributed by atoms with van der Waals surface area (Å²) in [6.07, 6.45) is 1.47. The number of amides is 2. The summed E-state index contributed by atoms with van der Waals surface area (Å²) in [7, 11) is -3.67. The van der Waals surface area contributed by atoms with Crippen molar-refractivity contribution in [1.29, 1.82) is 0 Å². The number of hydrogen-bond acceptors (Lipinski definition) is 7. The van der Waals surface area contributed by atoms with Crippen molar-refractivity contribution in [2.45, 2.75) is 30.1 Å². The molecule has 0 bridgehead atoms. The Labute approximate surface area is 226 Å². The Kier molecular flexibility index (Phi) is 6.27. The molecule has 2 aromatic carbocycles. The molecule has 0 unspecified atom stereocenters. The fourth-order valence-electron chi connectivity index (χ4n) is 5.06. The average Bonchev–Trinajstić information content (AvgIpc) is 3.64. The van der Waals surface area contributed by atoms with Crippen molar-refractivity contribution in [1.82, 2.24) is 14.2 Å². The molecule has 2 fully saturated rings. The van der Waals surface area contributed by atoms with E-state index in [0.717, 1.165) is 24.0 Å². The van der Waals surface area contributed by atoms with Crippen LogP contribution in [0.25, 0.3) is 11.3 Å². The third kappa shape index (κ3) is 4.72. The van der Waals surface area contributed by atoms with Crippen LogP contribution in [0.4, 0.5) is 5.82 Å². The van der Waals surface area contributed by atoms with Crippen LogP contribution in [0.15, 0.2) is 65.6 Å². The van der Waals surface area contributed by atoms with Crippen LogP contribution in [0.1, 0.15) is 25.3 Å². The van der Waals surface area contributed by atoms with Crippen LogP contribution in [0.5, 0.6) is 11.5 Å². The molecule has 10 nitrogen and oxygen atoms in total. The molecule has 2 amide bonds. The number of nitrogens with one attached hydrogen (secondary N) is 1. The monoisotopic (exact) mass is 548 g/mol. The molecule has 1 aliphatic carbocycles. The van der Waals surface area contributed by atoms with E-state index >= 15 is 0 Å². The number of rotatable bonds is 6. The summed E-state index contributed by atoms with van der Waals surface area (Å²) < 4.78 is 38.5. The molecule has 1 saturated carbocycles. The number of piperazine rings is 1. The third-order valence-corrected chi connectivity index (χ3v) is 9.49. The molecule has 0 radical (unpaired) electrons. The summed E-state index contributed by atoms with van der Waals surface area (Å²) in [6.45, 7) is 2.96. The van der Waals surface area contributed by atoms with Crippen molar-refractivity contribution in [2.75, 3.05) is 38.3 Å². The van der Waals surface area contributed by atoms with E-state index in [4.69, 9.17) is 9.47 Å². The Morgan fingerprint density at radius 3 is 2.33 bits per heavy atom. The maximum Gasteiger partial charge on any atom is 0.243 e. The Bertz CT molecular complexity index is 1540. The lowest BCUT2D eigenvalue weighted by molar-refractivity contribution is -0.130. The quantitative estimate of drug-likeness (QED) is 0.503. The molecule has 3 aromatic rings. The molecule has 39 heavy (non-hydrogen) atoms. The minimum Gasteiger partial charge on any atom is -0.454 e. The third-order valence-electron chi connectivity index (χ3n) is 7.57. The zero-order chi connectivity index (χ0) is 27.2. The van der Waals surface area contributed by atoms with E-state index in [0.29, 0.717) is 36.1 Å². The molecular formula is C28H28N4O6S. The lowest BCUT2D eigenvalue weighted by Gasteiger charge is -2.33. The van der Waals surface area contributed by atoms with Gasteiger partial charge < -0.3 is 19.7 Å². The number of fused-ring (bicyclic) bond motifs is 1. The van der Waals surface area contributed by atoms with Gasteiger partial charge in [0.05, 0.1) is 16.0 Å². The summed E-state index contributed by atoms with van der Waals surface area (Å²) in [5.41, 5.74) is 1.60. The van der Waals surface area contributed by atoms with Crippen LogP contribution in [0, 0.1) is 0 Å². The molecule has 3 aliphatic rings. The number of sulfonamides is 1. The lowest BCUT2D eigenvalue weighted by Crippen LogP contribution is -2.49. The number of aromatic nitrogens is 1. The number of carbonyl (C=O) groups is 2. The minimum absolute atomic E-state index is 0.0532. The fourth-order valence-corrected chi connectivity index (χ4v) is 6.48. The highest BCUT2D eigenvalue weighted by atomic mass is 32.2. The second-order valence-corrected chi connectivity index (χ2v) is 11.9. The predicted octanol–water partition coefficient (Wildman–Crippen LogP) is 3.00. The number of nitrogens with zero attached hydrogens (tertiary/aromatic N) is 3. The predicted molar refractivity (Wildman–Crippen MR) is 143 cm³/mol. The Balaban J connectivity index is 1.15. The second kappa shape index (κ2) is 9.65. The van der Waals surface area contributed by atoms with Gasteiger partial charge in [0.15, 0.2) is 11.5 Å². The first-order valence-electron chi connectivity index (χ1n) is 12.8. The van der Waals surface area contributed by atoms with E-state index < -0.39 is 15.4 Å². The first-order chi connectivity index (χ1) is 18.8. The van der Waals surface area contributed by atoms with Crippen molar-refractivity contribution in [3.05, 3.63) is 66.2 Å². The molecule has 2 aliphatic heterocycles. The second-order valence-electron chi connectivity index (χ2n) is 9.95. The average molecular weight is 549 g/mol. The van der Waals surface area contributed by atoms with Crippen LogP contribution in [0.2, 0.25) is 0 Å². The van der Waals surface area contributed by atoms with E-state index in [1.165, 1.54) is 11.2 Å². The molecule has 6 rings (SSSR count). The molecular weight excluding hydrogens is 520 g/mol. The van der Waals surface area contributed by atoms with Gasteiger partial charge in [0.2, 0.25) is 28.6 Å². The Hall–Kier alpha value is -3.96. The van der Waals surface area contributed by atoms with Crippen LogP contribution >= 0.6 is 0 Å². The van der Waals surface area contributed by atoms with Gasteiger partial charge in [-0.1, -0.05) is 24.3 Å². The molecule has 202 valence electrons. The summed E-state index contributed by atoms with van der Waals surface area (Å²) in [5.74, 6) is 1.57. The maximum absolute atomic E-state index is 13.3. The van der Waals surface area contributed by atoms with Crippen LogP contribution < -0.4 is 14.8 Å². The Morgan fingerprint density at radius 1 is 0.923 bits per heavy atom. The molecule has 11 heteroatoms. The molecule has 1 aromatic heterocycles. The molecule has 0 spiro atoms. The van der Waals surface area contributed by atoms with E-state index in [9.17, 15) is 18.0 Å². The van der Waals surface area contributed by atoms with Crippen molar-refractivity contribution in [3.63, 3.8) is 0 Å². The number of anilines is 1. The summed E-state index contributed by atoms with van der Waals surface area (Å²) in [4.78, 5) is 31.3. The van der Waals surface area contributed by atoms with E-state index in [-0.39, 0.29) is 36.6 Å². The van der Waals surface area contributed by atoms with E-state index in [2.05, 4.69) is 10.3 Å². The number of pyridine rings is 1. The van der Waals surface area contributed by atoms with Gasteiger partial charge in [-0.05, 0) is 54.8 Å². The topological polar surface area (TPSA) is 118 Å². The first-order valence-corrected chi connectivity index (χ1v) is 14.3. The van der Waals surface area contributed by atoms with Crippen molar-refractivity contribution < 1.29 is 27.5 Å².